The molecule has 0 aliphatic heterocycles. The molecular weight excluding hydrogens is 166 g/mol. The van der Waals surface area contributed by atoms with Gasteiger partial charge in [-0.15, -0.1) is 0 Å². The second kappa shape index (κ2) is 5.32. The molecule has 1 aromatic carbocycles. The summed E-state index contributed by atoms with van der Waals surface area (Å²) in [6.45, 7) is 4.17. The van der Waals surface area contributed by atoms with Gasteiger partial charge < -0.3 is 10.9 Å². The number of benzene rings is 1. The third kappa shape index (κ3) is 3.25. The summed E-state index contributed by atoms with van der Waals surface area (Å²) >= 11 is 0. The number of rotatable bonds is 2. The van der Waals surface area contributed by atoms with Crippen LogP contribution >= 0.6 is 0 Å². The molecule has 72 valence electrons. The van der Waals surface area contributed by atoms with Gasteiger partial charge in [0.25, 0.3) is 0 Å². The van der Waals surface area contributed by atoms with Gasteiger partial charge in [-0.05, 0) is 26.0 Å². The van der Waals surface area contributed by atoms with E-state index in [1.165, 1.54) is 0 Å². The van der Waals surface area contributed by atoms with E-state index < -0.39 is 0 Å². The molecule has 0 spiro atoms. The molecule has 1 aromatic rings. The van der Waals surface area contributed by atoms with Gasteiger partial charge >= 0.3 is 5.97 Å². The Morgan fingerprint density at radius 1 is 1.46 bits per heavy atom. The molecule has 0 aliphatic rings. The van der Waals surface area contributed by atoms with Crippen LogP contribution in [-0.2, 0) is 4.74 Å². The van der Waals surface area contributed by atoms with Crippen LogP contribution in [0.1, 0.15) is 22.8 Å². The summed E-state index contributed by atoms with van der Waals surface area (Å²) in [5, 5.41) is 0. The summed E-state index contributed by atoms with van der Waals surface area (Å²) in [6, 6.07) is 7.37. The van der Waals surface area contributed by atoms with Crippen molar-refractivity contribution in [2.45, 2.75) is 13.8 Å². The first-order valence-electron chi connectivity index (χ1n) is 3.98. The van der Waals surface area contributed by atoms with Gasteiger partial charge in [0, 0.05) is 0 Å². The van der Waals surface area contributed by atoms with Crippen molar-refractivity contribution in [3.05, 3.63) is 35.4 Å². The molecule has 0 bridgehead atoms. The molecule has 0 aromatic heterocycles. The lowest BCUT2D eigenvalue weighted by Gasteiger charge is -2.01. The van der Waals surface area contributed by atoms with Crippen molar-refractivity contribution in [1.29, 1.82) is 0 Å². The standard InChI is InChI=1S/C10H12O2.H3N/c1-3-12-10(11)9-6-4-5-8(2)7-9;/h4-7H,3H2,1-2H3;1H3. The Hall–Kier alpha value is -1.35. The predicted octanol–water partition coefficient (Wildman–Crippen LogP) is 2.33. The van der Waals surface area contributed by atoms with Crippen molar-refractivity contribution in [3.8, 4) is 0 Å². The largest absolute Gasteiger partial charge is 0.462 e. The van der Waals surface area contributed by atoms with E-state index in [2.05, 4.69) is 0 Å². The third-order valence-electron chi connectivity index (χ3n) is 1.53. The first-order valence-corrected chi connectivity index (χ1v) is 3.98. The molecule has 0 amide bonds. The zero-order chi connectivity index (χ0) is 8.97. The van der Waals surface area contributed by atoms with E-state index in [0.717, 1.165) is 5.56 Å². The highest BCUT2D eigenvalue weighted by molar-refractivity contribution is 5.89. The number of hydrogen-bond donors (Lipinski definition) is 1. The van der Waals surface area contributed by atoms with Crippen molar-refractivity contribution in [2.24, 2.45) is 0 Å². The van der Waals surface area contributed by atoms with Gasteiger partial charge in [0.15, 0.2) is 0 Å². The van der Waals surface area contributed by atoms with E-state index in [9.17, 15) is 4.79 Å². The Labute approximate surface area is 78.3 Å². The van der Waals surface area contributed by atoms with Gasteiger partial charge in [0.1, 0.15) is 0 Å². The minimum atomic E-state index is -0.249. The highest BCUT2D eigenvalue weighted by atomic mass is 16.5. The van der Waals surface area contributed by atoms with E-state index >= 15 is 0 Å². The average Bonchev–Trinajstić information content (AvgIpc) is 2.05. The van der Waals surface area contributed by atoms with E-state index in [-0.39, 0.29) is 12.1 Å². The van der Waals surface area contributed by atoms with Crippen LogP contribution in [0.4, 0.5) is 0 Å². The van der Waals surface area contributed by atoms with Gasteiger partial charge in [0.2, 0.25) is 0 Å². The van der Waals surface area contributed by atoms with Crippen LogP contribution in [0.15, 0.2) is 24.3 Å². The minimum Gasteiger partial charge on any atom is -0.462 e. The molecular formula is C10H15NO2. The number of esters is 1. The molecule has 13 heavy (non-hydrogen) atoms. The first-order chi connectivity index (χ1) is 5.74. The lowest BCUT2D eigenvalue weighted by atomic mass is 10.1. The quantitative estimate of drug-likeness (QED) is 0.712. The van der Waals surface area contributed by atoms with E-state index in [1.807, 2.05) is 25.1 Å². The number of ether oxygens (including phenoxy) is 1. The molecule has 3 N–H and O–H groups in total. The summed E-state index contributed by atoms with van der Waals surface area (Å²) in [7, 11) is 0. The fourth-order valence-corrected chi connectivity index (χ4v) is 0.986. The smallest absolute Gasteiger partial charge is 0.338 e. The first kappa shape index (κ1) is 11.6. The maximum Gasteiger partial charge on any atom is 0.338 e. The summed E-state index contributed by atoms with van der Waals surface area (Å²) in [5.41, 5.74) is 1.69. The lowest BCUT2D eigenvalue weighted by Crippen LogP contribution is -2.04. The van der Waals surface area contributed by atoms with Crippen molar-refractivity contribution in [2.75, 3.05) is 6.61 Å². The monoisotopic (exact) mass is 181 g/mol. The summed E-state index contributed by atoms with van der Waals surface area (Å²) in [6.07, 6.45) is 0. The van der Waals surface area contributed by atoms with Gasteiger partial charge in [-0.1, -0.05) is 17.7 Å². The van der Waals surface area contributed by atoms with Crippen LogP contribution < -0.4 is 6.15 Å². The van der Waals surface area contributed by atoms with Crippen LogP contribution in [-0.4, -0.2) is 12.6 Å². The fraction of sp³-hybridized carbons (Fsp3) is 0.300. The van der Waals surface area contributed by atoms with Crippen molar-refractivity contribution in [1.82, 2.24) is 6.15 Å². The zero-order valence-corrected chi connectivity index (χ0v) is 8.04. The minimum absolute atomic E-state index is 0. The Morgan fingerprint density at radius 2 is 2.15 bits per heavy atom. The topological polar surface area (TPSA) is 61.3 Å². The summed E-state index contributed by atoms with van der Waals surface area (Å²) < 4.78 is 4.84. The number of carbonyl (C=O) groups excluding carboxylic acids is 1. The maximum atomic E-state index is 11.2. The molecule has 0 saturated heterocycles. The lowest BCUT2D eigenvalue weighted by molar-refractivity contribution is 0.0526. The van der Waals surface area contributed by atoms with Gasteiger partial charge in [-0.3, -0.25) is 0 Å². The van der Waals surface area contributed by atoms with Gasteiger partial charge in [-0.2, -0.15) is 0 Å². The van der Waals surface area contributed by atoms with Crippen molar-refractivity contribution in [3.63, 3.8) is 0 Å². The number of aryl methyl sites for hydroxylation is 1. The molecule has 1 rings (SSSR count). The van der Waals surface area contributed by atoms with E-state index in [0.29, 0.717) is 12.2 Å². The second-order valence-electron chi connectivity index (χ2n) is 2.59. The van der Waals surface area contributed by atoms with Crippen LogP contribution in [0, 0.1) is 6.92 Å². The Balaban J connectivity index is 0.00000144. The van der Waals surface area contributed by atoms with Crippen molar-refractivity contribution >= 4 is 5.97 Å². The molecule has 0 saturated carbocycles. The predicted molar refractivity (Wildman–Crippen MR) is 52.2 cm³/mol. The second-order valence-corrected chi connectivity index (χ2v) is 2.59. The van der Waals surface area contributed by atoms with E-state index in [4.69, 9.17) is 4.74 Å². The molecule has 0 atom stereocenters. The maximum absolute atomic E-state index is 11.2. The van der Waals surface area contributed by atoms with Crippen LogP contribution in [0.2, 0.25) is 0 Å². The summed E-state index contributed by atoms with van der Waals surface area (Å²) in [5.74, 6) is -0.249. The molecule has 3 nitrogen and oxygen atoms in total. The molecule has 0 aliphatic carbocycles. The Bertz CT molecular complexity index is 284. The van der Waals surface area contributed by atoms with Gasteiger partial charge in [0.05, 0.1) is 12.2 Å². The van der Waals surface area contributed by atoms with Gasteiger partial charge in [-0.25, -0.2) is 4.79 Å². The van der Waals surface area contributed by atoms with Crippen molar-refractivity contribution < 1.29 is 9.53 Å². The molecule has 0 fully saturated rings. The van der Waals surface area contributed by atoms with Crippen LogP contribution in [0.3, 0.4) is 0 Å². The Kier molecular flexibility index (Phi) is 4.77. The fourth-order valence-electron chi connectivity index (χ4n) is 0.986. The molecule has 0 unspecified atom stereocenters. The third-order valence-corrected chi connectivity index (χ3v) is 1.53. The highest BCUT2D eigenvalue weighted by Crippen LogP contribution is 2.05. The van der Waals surface area contributed by atoms with Crippen LogP contribution in [0.5, 0.6) is 0 Å². The average molecular weight is 181 g/mol. The van der Waals surface area contributed by atoms with E-state index in [1.54, 1.807) is 13.0 Å². The molecule has 3 heteroatoms. The highest BCUT2D eigenvalue weighted by Gasteiger charge is 2.04. The summed E-state index contributed by atoms with van der Waals surface area (Å²) in [4.78, 5) is 11.2. The normalized spacial score (nSPS) is 8.77. The zero-order valence-electron chi connectivity index (χ0n) is 8.04. The Morgan fingerprint density at radius 3 is 2.69 bits per heavy atom. The molecule has 0 radical (unpaired) electrons. The number of carbonyl (C=O) groups is 1. The van der Waals surface area contributed by atoms with Crippen LogP contribution in [0.25, 0.3) is 0 Å². The SMILES string of the molecule is CCOC(=O)c1cccc(C)c1.N. The number of hydrogen-bond acceptors (Lipinski definition) is 3. The molecule has 0 heterocycles.